The molecule has 2 aromatic heterocycles. The van der Waals surface area contributed by atoms with E-state index < -0.39 is 0 Å². The molecule has 0 fully saturated rings. The summed E-state index contributed by atoms with van der Waals surface area (Å²) >= 11 is 0. The second-order valence-corrected chi connectivity index (χ2v) is 8.23. The summed E-state index contributed by atoms with van der Waals surface area (Å²) in [5.41, 5.74) is 4.33. The molecule has 0 N–H and O–H groups in total. The number of aromatic nitrogens is 2. The van der Waals surface area contributed by atoms with Crippen molar-refractivity contribution >= 4 is 0 Å². The summed E-state index contributed by atoms with van der Waals surface area (Å²) in [5, 5.41) is 0. The molecule has 160 valence electrons. The van der Waals surface area contributed by atoms with Crippen LogP contribution in [0, 0.1) is 12.1 Å². The topological polar surface area (TPSA) is 25.8 Å². The maximum atomic E-state index is 4.41. The molecule has 31 heavy (non-hydrogen) atoms. The van der Waals surface area contributed by atoms with Crippen molar-refractivity contribution in [3.63, 3.8) is 0 Å². The smallest absolute Gasteiger partial charge is 0.260 e. The van der Waals surface area contributed by atoms with Gasteiger partial charge in [0.15, 0.2) is 0 Å². The molecule has 0 bridgehead atoms. The second-order valence-electron chi connectivity index (χ2n) is 8.23. The Labute approximate surface area is 201 Å². The number of nitrogens with zero attached hydrogens (tertiary/aromatic N) is 2. The third-order valence-electron chi connectivity index (χ3n) is 5.38. The minimum Gasteiger partial charge on any atom is -0.260 e. The van der Waals surface area contributed by atoms with Gasteiger partial charge >= 0.3 is 21.1 Å². The van der Waals surface area contributed by atoms with Gasteiger partial charge in [-0.3, -0.25) is 9.97 Å². The normalized spacial score (nSPS) is 11.0. The molecule has 0 spiro atoms. The summed E-state index contributed by atoms with van der Waals surface area (Å²) < 4.78 is 0. The van der Waals surface area contributed by atoms with Gasteiger partial charge < -0.3 is 0 Å². The first kappa shape index (κ1) is 24.7. The average Bonchev–Trinajstić information content (AvgIpc) is 2.82. The Hall–Kier alpha value is -2.57. The van der Waals surface area contributed by atoms with Crippen molar-refractivity contribution in [3.8, 4) is 0 Å². The van der Waals surface area contributed by atoms with Crippen molar-refractivity contribution in [1.82, 2.24) is 9.97 Å². The summed E-state index contributed by atoms with van der Waals surface area (Å²) in [7, 11) is 0. The Morgan fingerprint density at radius 1 is 0.548 bits per heavy atom. The third-order valence-corrected chi connectivity index (χ3v) is 5.38. The van der Waals surface area contributed by atoms with Crippen molar-refractivity contribution in [2.45, 2.75) is 38.5 Å². The summed E-state index contributed by atoms with van der Waals surface area (Å²) in [6.07, 6.45) is 3.67. The zero-order valence-corrected chi connectivity index (χ0v) is 20.7. The molecule has 3 heteroatoms. The molecule has 4 rings (SSSR count). The molecule has 0 saturated carbocycles. The van der Waals surface area contributed by atoms with Crippen molar-refractivity contribution in [1.29, 1.82) is 0 Å². The first-order chi connectivity index (χ1) is 14.4. The van der Waals surface area contributed by atoms with Crippen molar-refractivity contribution in [2.75, 3.05) is 0 Å². The molecular weight excluding hydrogens is 559 g/mol. The van der Waals surface area contributed by atoms with Gasteiger partial charge in [-0.2, -0.15) is 71.8 Å². The Bertz CT molecular complexity index is 846. The van der Waals surface area contributed by atoms with Gasteiger partial charge in [-0.25, -0.2) is 0 Å². The fourth-order valence-corrected chi connectivity index (χ4v) is 3.31. The number of pyridine rings is 2. The summed E-state index contributed by atoms with van der Waals surface area (Å²) in [4.78, 5) is 8.81. The zero-order valence-electron chi connectivity index (χ0n) is 18.4. The molecule has 0 aliphatic rings. The molecule has 0 atom stereocenters. The predicted molar refractivity (Wildman–Crippen MR) is 123 cm³/mol. The van der Waals surface area contributed by atoms with E-state index in [-0.39, 0.29) is 31.9 Å². The van der Waals surface area contributed by atoms with Crippen LogP contribution in [-0.2, 0) is 31.9 Å². The Balaban J connectivity index is 0.000000213. The van der Waals surface area contributed by atoms with Crippen LogP contribution in [0.25, 0.3) is 0 Å². The van der Waals surface area contributed by atoms with Crippen molar-refractivity contribution < 1.29 is 21.1 Å². The Kier molecular flexibility index (Phi) is 8.89. The molecule has 0 radical (unpaired) electrons. The van der Waals surface area contributed by atoms with Gasteiger partial charge in [-0.1, -0.05) is 39.8 Å². The Morgan fingerprint density at radius 2 is 0.935 bits per heavy atom. The maximum Gasteiger partial charge on any atom is 2.00 e. The molecule has 0 saturated heterocycles. The molecule has 0 unspecified atom stereocenters. The molecule has 0 amide bonds. The fourth-order valence-electron chi connectivity index (χ4n) is 3.31. The zero-order chi connectivity index (χ0) is 21.5. The van der Waals surface area contributed by atoms with E-state index in [0.717, 1.165) is 11.4 Å². The molecule has 4 aromatic rings. The van der Waals surface area contributed by atoms with Crippen molar-refractivity contribution in [2.24, 2.45) is 0 Å². The fraction of sp³-hybridized carbons (Fsp3) is 0.214. The van der Waals surface area contributed by atoms with Crippen LogP contribution in [0.15, 0.2) is 97.3 Å². The van der Waals surface area contributed by atoms with Crippen LogP contribution in [0.4, 0.5) is 0 Å². The van der Waals surface area contributed by atoms with Crippen LogP contribution in [0.5, 0.6) is 0 Å². The minimum atomic E-state index is -0.0808. The molecule has 0 aliphatic heterocycles. The summed E-state index contributed by atoms with van der Waals surface area (Å²) in [5.74, 6) is 0. The summed E-state index contributed by atoms with van der Waals surface area (Å²) in [6.45, 7) is 8.67. The predicted octanol–water partition coefficient (Wildman–Crippen LogP) is 6.41. The monoisotopic (exact) mass is 587 g/mol. The van der Waals surface area contributed by atoms with Crippen LogP contribution < -0.4 is 0 Å². The molecule has 2 aromatic carbocycles. The second kappa shape index (κ2) is 11.2. The van der Waals surface area contributed by atoms with E-state index in [1.54, 1.807) is 0 Å². The van der Waals surface area contributed by atoms with Crippen LogP contribution in [0.3, 0.4) is 0 Å². The molecular formula is C28H28N2Pt. The van der Waals surface area contributed by atoms with Gasteiger partial charge in [0.1, 0.15) is 0 Å². The van der Waals surface area contributed by atoms with E-state index in [4.69, 9.17) is 0 Å². The average molecular weight is 588 g/mol. The van der Waals surface area contributed by atoms with Crippen molar-refractivity contribution in [3.05, 3.63) is 132 Å². The van der Waals surface area contributed by atoms with Gasteiger partial charge in [0.2, 0.25) is 0 Å². The summed E-state index contributed by atoms with van der Waals surface area (Å²) in [6, 6.07) is 34.7. The minimum absolute atomic E-state index is 0. The standard InChI is InChI=1S/2C14H14N.Pt/c2*1-14(2,12-8-4-3-5-9-12)13-10-6-7-11-15-13;/h2*3-8,10-11H,1-2H3;/q2*-1;+2. The van der Waals surface area contributed by atoms with E-state index in [1.165, 1.54) is 11.1 Å². The van der Waals surface area contributed by atoms with Gasteiger partial charge in [0, 0.05) is 34.6 Å². The quantitative estimate of drug-likeness (QED) is 0.258. The van der Waals surface area contributed by atoms with E-state index >= 15 is 0 Å². The van der Waals surface area contributed by atoms with E-state index in [0.29, 0.717) is 0 Å². The third kappa shape index (κ3) is 6.21. The SMILES string of the molecule is CC(C)(c1[c-]cccc1)c1ccccn1.CC(C)(c1[c-]cccc1)c1ccccn1.[Pt+2]. The molecule has 0 aliphatic carbocycles. The first-order valence-electron chi connectivity index (χ1n) is 10.2. The van der Waals surface area contributed by atoms with Gasteiger partial charge in [-0.05, 0) is 24.3 Å². The van der Waals surface area contributed by atoms with Crippen LogP contribution in [-0.4, -0.2) is 9.97 Å². The van der Waals surface area contributed by atoms with Crippen LogP contribution in [0.2, 0.25) is 0 Å². The van der Waals surface area contributed by atoms with E-state index in [1.807, 2.05) is 73.1 Å². The van der Waals surface area contributed by atoms with Gasteiger partial charge in [0.25, 0.3) is 0 Å². The van der Waals surface area contributed by atoms with Gasteiger partial charge in [0.05, 0.1) is 0 Å². The Morgan fingerprint density at radius 3 is 1.23 bits per heavy atom. The molecule has 2 heterocycles. The number of benzene rings is 2. The maximum absolute atomic E-state index is 4.41. The number of hydrogen-bond donors (Lipinski definition) is 0. The van der Waals surface area contributed by atoms with Gasteiger partial charge in [-0.15, -0.1) is 0 Å². The largest absolute Gasteiger partial charge is 2.00 e. The number of rotatable bonds is 4. The van der Waals surface area contributed by atoms with Crippen LogP contribution >= 0.6 is 0 Å². The first-order valence-corrected chi connectivity index (χ1v) is 10.2. The molecule has 2 nitrogen and oxygen atoms in total. The van der Waals surface area contributed by atoms with Crippen LogP contribution in [0.1, 0.15) is 50.2 Å². The van der Waals surface area contributed by atoms with E-state index in [2.05, 4.69) is 74.1 Å². The van der Waals surface area contributed by atoms with E-state index in [9.17, 15) is 0 Å². The number of hydrogen-bond acceptors (Lipinski definition) is 2.